The third-order valence-corrected chi connectivity index (χ3v) is 5.60. The van der Waals surface area contributed by atoms with E-state index in [2.05, 4.69) is 10.5 Å². The number of thiazole rings is 1. The Balaban J connectivity index is 1.76. The highest BCUT2D eigenvalue weighted by Gasteiger charge is 2.13. The van der Waals surface area contributed by atoms with E-state index in [9.17, 15) is 14.4 Å². The number of amides is 1. The van der Waals surface area contributed by atoms with Crippen molar-refractivity contribution in [2.45, 2.75) is 6.54 Å². The highest BCUT2D eigenvalue weighted by molar-refractivity contribution is 7.11. The van der Waals surface area contributed by atoms with Gasteiger partial charge in [0.15, 0.2) is 0 Å². The van der Waals surface area contributed by atoms with Crippen LogP contribution in [0.3, 0.4) is 0 Å². The molecular weight excluding hydrogens is 437 g/mol. The molecule has 2 N–H and O–H groups in total. The lowest BCUT2D eigenvalue weighted by atomic mass is 10.1. The van der Waals surface area contributed by atoms with E-state index in [-0.39, 0.29) is 32.7 Å². The maximum absolute atomic E-state index is 12.3. The Morgan fingerprint density at radius 2 is 1.93 bits per heavy atom. The number of hydrogen-bond donors (Lipinski definition) is 2. The molecule has 0 saturated heterocycles. The number of carbonyl (C=O) groups is 2. The van der Waals surface area contributed by atoms with Gasteiger partial charge in [-0.3, -0.25) is 14.2 Å². The molecule has 0 aliphatic carbocycles. The summed E-state index contributed by atoms with van der Waals surface area (Å²) in [4.78, 5) is 35.5. The molecule has 3 aromatic rings. The van der Waals surface area contributed by atoms with E-state index in [0.717, 1.165) is 11.3 Å². The van der Waals surface area contributed by atoms with E-state index in [0.29, 0.717) is 10.4 Å². The number of halogens is 2. The zero-order valence-electron chi connectivity index (χ0n) is 14.6. The second-order valence-electron chi connectivity index (χ2n) is 5.79. The zero-order valence-corrected chi connectivity index (χ0v) is 17.0. The largest absolute Gasteiger partial charge is 0.478 e. The predicted octanol–water partition coefficient (Wildman–Crippen LogP) is 3.73. The van der Waals surface area contributed by atoms with Gasteiger partial charge in [0.1, 0.15) is 5.15 Å². The van der Waals surface area contributed by atoms with Gasteiger partial charge in [0.05, 0.1) is 33.8 Å². The minimum absolute atomic E-state index is 0.106. The lowest BCUT2D eigenvalue weighted by Gasteiger charge is -2.05. The number of benzene rings is 2. The summed E-state index contributed by atoms with van der Waals surface area (Å²) in [5, 5.41) is 13.3. The number of carbonyl (C=O) groups excluding carboxylic acids is 1. The molecule has 1 amide bonds. The lowest BCUT2D eigenvalue weighted by Crippen LogP contribution is -2.17. The van der Waals surface area contributed by atoms with Gasteiger partial charge >= 0.3 is 10.8 Å². The molecule has 1 heterocycles. The molecule has 3 rings (SSSR count). The third-order valence-electron chi connectivity index (χ3n) is 3.84. The van der Waals surface area contributed by atoms with Gasteiger partial charge in [-0.05, 0) is 29.8 Å². The van der Waals surface area contributed by atoms with Crippen molar-refractivity contribution in [3.05, 3.63) is 89.9 Å². The van der Waals surface area contributed by atoms with E-state index in [4.69, 9.17) is 28.3 Å². The summed E-state index contributed by atoms with van der Waals surface area (Å²) in [6.07, 6.45) is 1.27. The van der Waals surface area contributed by atoms with Crippen LogP contribution in [0.4, 0.5) is 0 Å². The van der Waals surface area contributed by atoms with Gasteiger partial charge in [-0.2, -0.15) is 5.10 Å². The SMILES string of the molecule is O=C(O)c1cccc(Cn2c(Cl)c(/C=N\NC(=O)c3ccccc3Cl)sc2=O)c1. The van der Waals surface area contributed by atoms with E-state index in [1.807, 2.05) is 0 Å². The lowest BCUT2D eigenvalue weighted by molar-refractivity contribution is 0.0696. The monoisotopic (exact) mass is 449 g/mol. The van der Waals surface area contributed by atoms with Crippen molar-refractivity contribution < 1.29 is 14.7 Å². The molecule has 0 unspecified atom stereocenters. The van der Waals surface area contributed by atoms with Crippen LogP contribution in [0.1, 0.15) is 31.2 Å². The summed E-state index contributed by atoms with van der Waals surface area (Å²) in [7, 11) is 0. The van der Waals surface area contributed by atoms with Crippen LogP contribution in [-0.4, -0.2) is 27.8 Å². The maximum atomic E-state index is 12.3. The number of nitrogens with one attached hydrogen (secondary N) is 1. The van der Waals surface area contributed by atoms with Crippen LogP contribution in [0, 0.1) is 0 Å². The number of aromatic nitrogens is 1. The van der Waals surface area contributed by atoms with Crippen LogP contribution < -0.4 is 10.3 Å². The van der Waals surface area contributed by atoms with Crippen molar-refractivity contribution in [1.82, 2.24) is 9.99 Å². The fourth-order valence-electron chi connectivity index (χ4n) is 2.46. The Morgan fingerprint density at radius 3 is 2.66 bits per heavy atom. The average molecular weight is 450 g/mol. The van der Waals surface area contributed by atoms with Gasteiger partial charge in [-0.15, -0.1) is 0 Å². The van der Waals surface area contributed by atoms with Crippen LogP contribution >= 0.6 is 34.5 Å². The van der Waals surface area contributed by atoms with Gasteiger partial charge < -0.3 is 5.11 Å². The minimum atomic E-state index is -1.06. The summed E-state index contributed by atoms with van der Waals surface area (Å²) in [5.41, 5.74) is 3.33. The standard InChI is InChI=1S/C19H13Cl2N3O4S/c20-14-7-2-1-6-13(14)17(25)23-22-9-15-16(21)24(19(28)29-15)10-11-4-3-5-12(8-11)18(26)27/h1-9H,10H2,(H,23,25)(H,26,27)/b22-9-. The zero-order chi connectivity index (χ0) is 21.0. The molecule has 29 heavy (non-hydrogen) atoms. The Bertz CT molecular complexity index is 1170. The van der Waals surface area contributed by atoms with Gasteiger partial charge in [0, 0.05) is 0 Å². The Kier molecular flexibility index (Phi) is 6.48. The van der Waals surface area contributed by atoms with Crippen LogP contribution in [0.15, 0.2) is 58.4 Å². The maximum Gasteiger partial charge on any atom is 0.335 e. The molecule has 148 valence electrons. The topological polar surface area (TPSA) is 101 Å². The first-order valence-corrected chi connectivity index (χ1v) is 9.73. The molecule has 0 fully saturated rings. The molecule has 7 nitrogen and oxygen atoms in total. The number of nitrogens with zero attached hydrogens (tertiary/aromatic N) is 2. The van der Waals surface area contributed by atoms with Gasteiger partial charge in [-0.1, -0.05) is 58.8 Å². The number of hydrogen-bond acceptors (Lipinski definition) is 5. The minimum Gasteiger partial charge on any atom is -0.478 e. The number of carboxylic acid groups (broad SMARTS) is 1. The van der Waals surface area contributed by atoms with Crippen molar-refractivity contribution in [3.63, 3.8) is 0 Å². The van der Waals surface area contributed by atoms with Crippen LogP contribution in [0.2, 0.25) is 10.2 Å². The first-order chi connectivity index (χ1) is 13.9. The van der Waals surface area contributed by atoms with Crippen molar-refractivity contribution in [2.75, 3.05) is 0 Å². The molecule has 0 atom stereocenters. The summed E-state index contributed by atoms with van der Waals surface area (Å²) >= 11 is 13.1. The smallest absolute Gasteiger partial charge is 0.335 e. The molecule has 1 aromatic heterocycles. The van der Waals surface area contributed by atoms with Gasteiger partial charge in [-0.25, -0.2) is 10.2 Å². The summed E-state index contributed by atoms with van der Waals surface area (Å²) in [6, 6.07) is 12.7. The second-order valence-corrected chi connectivity index (χ2v) is 7.55. The summed E-state index contributed by atoms with van der Waals surface area (Å²) in [6.45, 7) is 0.106. The van der Waals surface area contributed by atoms with Crippen molar-refractivity contribution >= 4 is 52.6 Å². The third kappa shape index (κ3) is 4.92. The highest BCUT2D eigenvalue weighted by atomic mass is 35.5. The molecular formula is C19H13Cl2N3O4S. The normalized spacial score (nSPS) is 11.0. The Labute approximate surface area is 178 Å². The van der Waals surface area contributed by atoms with Crippen LogP contribution in [0.5, 0.6) is 0 Å². The molecule has 0 aliphatic heterocycles. The summed E-state index contributed by atoms with van der Waals surface area (Å²) < 4.78 is 1.30. The number of carboxylic acids is 1. The number of aromatic carboxylic acids is 1. The van der Waals surface area contributed by atoms with E-state index in [1.165, 1.54) is 22.9 Å². The average Bonchev–Trinajstić information content (AvgIpc) is 2.96. The predicted molar refractivity (Wildman–Crippen MR) is 113 cm³/mol. The fourth-order valence-corrected chi connectivity index (χ4v) is 3.79. The number of hydrazone groups is 1. The van der Waals surface area contributed by atoms with Crippen molar-refractivity contribution in [1.29, 1.82) is 0 Å². The molecule has 0 bridgehead atoms. The van der Waals surface area contributed by atoms with E-state index in [1.54, 1.807) is 36.4 Å². The molecule has 10 heteroatoms. The van der Waals surface area contributed by atoms with E-state index >= 15 is 0 Å². The van der Waals surface area contributed by atoms with Crippen molar-refractivity contribution in [3.8, 4) is 0 Å². The van der Waals surface area contributed by atoms with Crippen LogP contribution in [-0.2, 0) is 6.54 Å². The Morgan fingerprint density at radius 1 is 1.17 bits per heavy atom. The van der Waals surface area contributed by atoms with Crippen LogP contribution in [0.25, 0.3) is 0 Å². The number of rotatable bonds is 6. The second kappa shape index (κ2) is 9.04. The molecule has 2 aromatic carbocycles. The molecule has 0 radical (unpaired) electrons. The van der Waals surface area contributed by atoms with Gasteiger partial charge in [0.25, 0.3) is 5.91 Å². The quantitative estimate of drug-likeness (QED) is 0.442. The van der Waals surface area contributed by atoms with E-state index < -0.39 is 11.9 Å². The fraction of sp³-hybridized carbons (Fsp3) is 0.0526. The molecule has 0 saturated carbocycles. The van der Waals surface area contributed by atoms with Crippen molar-refractivity contribution in [2.24, 2.45) is 5.10 Å². The summed E-state index contributed by atoms with van der Waals surface area (Å²) in [5.74, 6) is -1.56. The molecule has 0 aliphatic rings. The molecule has 0 spiro atoms. The first-order valence-electron chi connectivity index (χ1n) is 8.16. The highest BCUT2D eigenvalue weighted by Crippen LogP contribution is 2.19. The Hall–Kier alpha value is -2.94. The van der Waals surface area contributed by atoms with Gasteiger partial charge in [0.2, 0.25) is 0 Å². The first kappa shape index (κ1) is 20.8.